The molecule has 1 radical (unpaired) electrons. The number of primary amides is 1. The molecular weight excluding hydrogens is 146 g/mol. The first kappa shape index (κ1) is 9.65. The molecule has 59 valence electrons. The first-order chi connectivity index (χ1) is 4.19. The maximum atomic E-state index is 11.5. The Hall–Kier alpha value is -0.353. The maximum absolute atomic E-state index is 11.5. The molecule has 1 unspecified atom stereocenters. The summed E-state index contributed by atoms with van der Waals surface area (Å²) in [5.74, 6) is 0. The second kappa shape index (κ2) is 2.36. The van der Waals surface area contributed by atoms with E-state index in [1.165, 1.54) is 6.55 Å². The van der Waals surface area contributed by atoms with E-state index in [1.54, 1.807) is 20.8 Å². The number of rotatable bonds is 1. The molecule has 4 heteroatoms. The van der Waals surface area contributed by atoms with Crippen LogP contribution in [0, 0.1) is 0 Å². The summed E-state index contributed by atoms with van der Waals surface area (Å²) in [6, 6.07) is 0. The van der Waals surface area contributed by atoms with Gasteiger partial charge in [-0.3, -0.25) is 9.59 Å². The van der Waals surface area contributed by atoms with Crippen molar-refractivity contribution < 1.29 is 9.59 Å². The van der Waals surface area contributed by atoms with E-state index in [4.69, 9.17) is 5.73 Å². The molecule has 0 aromatic heterocycles. The van der Waals surface area contributed by atoms with Crippen LogP contribution in [0.1, 0.15) is 20.8 Å². The minimum atomic E-state index is -3.09. The fourth-order valence-electron chi connectivity index (χ4n) is 0.370. The van der Waals surface area contributed by atoms with E-state index in [9.17, 15) is 9.59 Å². The Labute approximate surface area is 62.4 Å². The van der Waals surface area contributed by atoms with Gasteiger partial charge in [-0.05, 0) is 11.6 Å². The Bertz CT molecular complexity index is 148. The molecule has 0 rings (SSSR count). The molecule has 0 saturated heterocycles. The molecule has 10 heavy (non-hydrogen) atoms. The zero-order valence-corrected chi connectivity index (χ0v) is 7.89. The number of carbonyl (C=O) groups is 1. The van der Waals surface area contributed by atoms with Gasteiger partial charge in [-0.15, -0.1) is 0 Å². The highest BCUT2D eigenvalue weighted by atomic mass is 28.4. The highest BCUT2D eigenvalue weighted by Crippen LogP contribution is 2.34. The lowest BCUT2D eigenvalue weighted by Crippen LogP contribution is -2.51. The molecule has 1 amide bonds. The lowest BCUT2D eigenvalue weighted by atomic mass is 10.2. The van der Waals surface area contributed by atoms with Gasteiger partial charge in [0.2, 0.25) is 5.53 Å². The van der Waals surface area contributed by atoms with Crippen molar-refractivity contribution in [3.8, 4) is 0 Å². The topological polar surface area (TPSA) is 63.0 Å². The van der Waals surface area contributed by atoms with Crippen LogP contribution in [0.3, 0.4) is 0 Å². The quantitative estimate of drug-likeness (QED) is 0.580. The normalized spacial score (nSPS) is 18.1. The second-order valence-corrected chi connectivity index (χ2v) is 7.71. The van der Waals surface area contributed by atoms with Crippen LogP contribution in [0.2, 0.25) is 11.6 Å². The number of nitrogens with two attached hydrogens (primary N) is 1. The molecule has 0 aliphatic heterocycles. The number of carbonyl (C=O) groups excluding carboxylic acids is 1. The molecule has 0 bridgehead atoms. The summed E-state index contributed by atoms with van der Waals surface area (Å²) in [4.78, 5) is 22.1. The fourth-order valence-corrected chi connectivity index (χ4v) is 1.11. The molecule has 0 saturated carbocycles. The minimum absolute atomic E-state index is 0.473. The van der Waals surface area contributed by atoms with E-state index in [0.717, 1.165) is 0 Å². The van der Waals surface area contributed by atoms with Gasteiger partial charge in [0.15, 0.2) is 0 Å². The van der Waals surface area contributed by atoms with Gasteiger partial charge in [0.1, 0.15) is 0 Å². The molecule has 0 spiro atoms. The summed E-state index contributed by atoms with van der Waals surface area (Å²) < 4.78 is 0. The van der Waals surface area contributed by atoms with Crippen LogP contribution in [0.25, 0.3) is 0 Å². The SMILES string of the molecule is CC(C)(C)[Si](C)([O])C(N)=O. The van der Waals surface area contributed by atoms with Crippen LogP contribution in [0.5, 0.6) is 0 Å². The molecule has 0 aromatic carbocycles. The molecule has 3 nitrogen and oxygen atoms in total. The van der Waals surface area contributed by atoms with Crippen molar-refractivity contribution in [2.24, 2.45) is 5.73 Å². The van der Waals surface area contributed by atoms with E-state index >= 15 is 0 Å². The minimum Gasteiger partial charge on any atom is -0.372 e. The van der Waals surface area contributed by atoms with Crippen LogP contribution in [0.15, 0.2) is 0 Å². The Morgan fingerprint density at radius 1 is 1.40 bits per heavy atom. The standard InChI is InChI=1S/C6H14NO2Si/c1-6(2,3)10(4,9)5(7)8/h1-4H3,(H2,7,8). The molecule has 0 aliphatic carbocycles. The van der Waals surface area contributed by atoms with Gasteiger partial charge in [0.05, 0.1) is 0 Å². The highest BCUT2D eigenvalue weighted by molar-refractivity contribution is 7.01. The van der Waals surface area contributed by atoms with Crippen molar-refractivity contribution in [3.63, 3.8) is 0 Å². The molecular formula is C6H14NO2Si. The summed E-state index contributed by atoms with van der Waals surface area (Å²) in [6.45, 7) is 6.74. The van der Waals surface area contributed by atoms with Crippen molar-refractivity contribution in [3.05, 3.63) is 0 Å². The van der Waals surface area contributed by atoms with Crippen LogP contribution in [0.4, 0.5) is 4.79 Å². The van der Waals surface area contributed by atoms with E-state index in [1.807, 2.05) is 0 Å². The third kappa shape index (κ3) is 1.57. The summed E-state index contributed by atoms with van der Waals surface area (Å²) in [7, 11) is -3.09. The molecule has 1 atom stereocenters. The van der Waals surface area contributed by atoms with Gasteiger partial charge in [0, 0.05) is 0 Å². The smallest absolute Gasteiger partial charge is 0.336 e. The first-order valence-electron chi connectivity index (χ1n) is 3.20. The Kier molecular flexibility index (Phi) is 2.27. The predicted octanol–water partition coefficient (Wildman–Crippen LogP) is 1.45. The second-order valence-electron chi connectivity index (χ2n) is 3.65. The van der Waals surface area contributed by atoms with Gasteiger partial charge in [0.25, 0.3) is 0 Å². The zero-order valence-electron chi connectivity index (χ0n) is 6.89. The molecule has 0 aromatic rings. The van der Waals surface area contributed by atoms with Gasteiger partial charge in [-0.25, -0.2) is 0 Å². The third-order valence-electron chi connectivity index (χ3n) is 1.90. The average molecular weight is 160 g/mol. The predicted molar refractivity (Wildman–Crippen MR) is 41.6 cm³/mol. The summed E-state index contributed by atoms with van der Waals surface area (Å²) in [5, 5.41) is -0.473. The van der Waals surface area contributed by atoms with Gasteiger partial charge in [-0.1, -0.05) is 20.8 Å². The van der Waals surface area contributed by atoms with Gasteiger partial charge in [-0.2, -0.15) is 0 Å². The third-order valence-corrected chi connectivity index (χ3v) is 5.70. The van der Waals surface area contributed by atoms with Crippen molar-refractivity contribution in [2.45, 2.75) is 32.4 Å². The van der Waals surface area contributed by atoms with Crippen LogP contribution in [-0.2, 0) is 4.80 Å². The van der Waals surface area contributed by atoms with Crippen molar-refractivity contribution in [1.29, 1.82) is 0 Å². The number of amides is 1. The first-order valence-corrected chi connectivity index (χ1v) is 5.61. The highest BCUT2D eigenvalue weighted by Gasteiger charge is 2.47. The number of hydrogen-bond donors (Lipinski definition) is 1. The maximum Gasteiger partial charge on any atom is 0.336 e. The van der Waals surface area contributed by atoms with E-state index < -0.39 is 18.9 Å². The lowest BCUT2D eigenvalue weighted by molar-refractivity contribution is 0.255. The summed E-state index contributed by atoms with van der Waals surface area (Å²) >= 11 is 0. The molecule has 0 heterocycles. The van der Waals surface area contributed by atoms with Gasteiger partial charge < -0.3 is 5.73 Å². The zero-order chi connectivity index (χ0) is 8.58. The van der Waals surface area contributed by atoms with E-state index in [0.29, 0.717) is 0 Å². The molecule has 2 N–H and O–H groups in total. The molecule has 0 fully saturated rings. The number of hydrogen-bond acceptors (Lipinski definition) is 1. The van der Waals surface area contributed by atoms with Crippen LogP contribution < -0.4 is 5.73 Å². The van der Waals surface area contributed by atoms with Crippen molar-refractivity contribution >= 4 is 13.8 Å². The summed E-state index contributed by atoms with van der Waals surface area (Å²) in [6.07, 6.45) is 0. The largest absolute Gasteiger partial charge is 0.372 e. The van der Waals surface area contributed by atoms with Gasteiger partial charge >= 0.3 is 8.32 Å². The lowest BCUT2D eigenvalue weighted by Gasteiger charge is -2.28. The van der Waals surface area contributed by atoms with Crippen molar-refractivity contribution in [2.75, 3.05) is 0 Å². The average Bonchev–Trinajstić information content (AvgIpc) is 1.62. The molecule has 0 aliphatic rings. The fraction of sp³-hybridized carbons (Fsp3) is 0.833. The monoisotopic (exact) mass is 160 g/mol. The van der Waals surface area contributed by atoms with Crippen molar-refractivity contribution in [1.82, 2.24) is 0 Å². The van der Waals surface area contributed by atoms with Crippen LogP contribution >= 0.6 is 0 Å². The Morgan fingerprint density at radius 2 is 1.70 bits per heavy atom. The van der Waals surface area contributed by atoms with E-state index in [-0.39, 0.29) is 0 Å². The summed E-state index contributed by atoms with van der Waals surface area (Å²) in [5.41, 5.74) is 4.31. The van der Waals surface area contributed by atoms with Crippen LogP contribution in [-0.4, -0.2) is 13.8 Å². The Morgan fingerprint density at radius 3 is 1.70 bits per heavy atom. The Balaban J connectivity index is 4.57. The van der Waals surface area contributed by atoms with E-state index in [2.05, 4.69) is 0 Å².